The van der Waals surface area contributed by atoms with Gasteiger partial charge in [-0.2, -0.15) is 10.5 Å². The fraction of sp³-hybridized carbons (Fsp3) is 0.120. The third-order valence-corrected chi connectivity index (χ3v) is 6.03. The standard InChI is InChI=1S/C25H15ClN8/c1-13(2)22-32-24-20(23-30-16-8-3-4-9-19(16)34(22)23)21-25(31-18(12-28)17(11-27)29-21)33(24)15-7-5-6-14(26)10-15/h3-10,13H,1-2H3. The Morgan fingerprint density at radius 2 is 1.62 bits per heavy atom. The SMILES string of the molecule is CC(C)c1nc2c(c3nc(C#N)c(C#N)nc3n2-c2cccc(Cl)c2)c2nc3ccccc3n12. The number of fused-ring (bicyclic) bond motifs is 7. The van der Waals surface area contributed by atoms with E-state index in [1.54, 1.807) is 12.1 Å². The number of nitrogens with zero attached hydrogens (tertiary/aromatic N) is 8. The third-order valence-electron chi connectivity index (χ3n) is 5.79. The van der Waals surface area contributed by atoms with Gasteiger partial charge in [0, 0.05) is 10.9 Å². The minimum Gasteiger partial charge on any atom is -0.279 e. The van der Waals surface area contributed by atoms with E-state index in [1.165, 1.54) is 0 Å². The van der Waals surface area contributed by atoms with Crippen LogP contribution in [0.15, 0.2) is 48.5 Å². The maximum absolute atomic E-state index is 9.62. The van der Waals surface area contributed by atoms with Gasteiger partial charge < -0.3 is 0 Å². The van der Waals surface area contributed by atoms with Gasteiger partial charge in [0.2, 0.25) is 0 Å². The highest BCUT2D eigenvalue weighted by Crippen LogP contribution is 2.35. The first-order valence-electron chi connectivity index (χ1n) is 10.6. The summed E-state index contributed by atoms with van der Waals surface area (Å²) in [4.78, 5) is 19.1. The van der Waals surface area contributed by atoms with Crippen molar-refractivity contribution in [1.29, 1.82) is 10.5 Å². The Kier molecular flexibility index (Phi) is 4.28. The summed E-state index contributed by atoms with van der Waals surface area (Å²) < 4.78 is 3.87. The minimum atomic E-state index is -0.0466. The average molecular weight is 463 g/mol. The molecule has 8 nitrogen and oxygen atoms in total. The van der Waals surface area contributed by atoms with E-state index in [4.69, 9.17) is 21.6 Å². The first-order valence-corrected chi connectivity index (χ1v) is 11.0. The molecule has 0 unspecified atom stereocenters. The smallest absolute Gasteiger partial charge is 0.179 e. The Labute approximate surface area is 198 Å². The van der Waals surface area contributed by atoms with Gasteiger partial charge in [-0.3, -0.25) is 8.97 Å². The van der Waals surface area contributed by atoms with E-state index in [0.29, 0.717) is 32.9 Å². The van der Waals surface area contributed by atoms with Crippen LogP contribution in [0.3, 0.4) is 0 Å². The zero-order valence-corrected chi connectivity index (χ0v) is 18.9. The van der Waals surface area contributed by atoms with E-state index in [1.807, 2.05) is 57.5 Å². The highest BCUT2D eigenvalue weighted by Gasteiger charge is 2.25. The molecular weight excluding hydrogens is 448 g/mol. The van der Waals surface area contributed by atoms with Crippen molar-refractivity contribution in [3.63, 3.8) is 0 Å². The number of hydrogen-bond donors (Lipinski definition) is 0. The van der Waals surface area contributed by atoms with Gasteiger partial charge in [0.25, 0.3) is 0 Å². The number of rotatable bonds is 2. The maximum atomic E-state index is 9.62. The van der Waals surface area contributed by atoms with Gasteiger partial charge in [-0.1, -0.05) is 43.6 Å². The van der Waals surface area contributed by atoms with Crippen molar-refractivity contribution in [2.24, 2.45) is 0 Å². The fourth-order valence-electron chi connectivity index (χ4n) is 4.37. The second-order valence-electron chi connectivity index (χ2n) is 8.21. The van der Waals surface area contributed by atoms with Crippen LogP contribution in [-0.2, 0) is 0 Å². The van der Waals surface area contributed by atoms with Crippen LogP contribution in [0.4, 0.5) is 0 Å². The van der Waals surface area contributed by atoms with Crippen LogP contribution in [0.1, 0.15) is 37.0 Å². The molecule has 0 spiro atoms. The van der Waals surface area contributed by atoms with Crippen LogP contribution in [0.5, 0.6) is 0 Å². The van der Waals surface area contributed by atoms with Crippen LogP contribution in [0.25, 0.3) is 44.6 Å². The Morgan fingerprint density at radius 1 is 0.853 bits per heavy atom. The van der Waals surface area contributed by atoms with Crippen LogP contribution in [-0.4, -0.2) is 28.9 Å². The summed E-state index contributed by atoms with van der Waals surface area (Å²) in [5.74, 6) is 0.906. The lowest BCUT2D eigenvalue weighted by atomic mass is 10.2. The van der Waals surface area contributed by atoms with E-state index in [9.17, 15) is 10.5 Å². The minimum absolute atomic E-state index is 0.0395. The lowest BCUT2D eigenvalue weighted by molar-refractivity contribution is 0.765. The van der Waals surface area contributed by atoms with Crippen LogP contribution in [0.2, 0.25) is 5.02 Å². The topological polar surface area (TPSA) is 108 Å². The Bertz CT molecular complexity index is 1880. The van der Waals surface area contributed by atoms with E-state index in [0.717, 1.165) is 22.5 Å². The first-order chi connectivity index (χ1) is 16.5. The predicted molar refractivity (Wildman–Crippen MR) is 129 cm³/mol. The monoisotopic (exact) mass is 462 g/mol. The molecule has 0 atom stereocenters. The van der Waals surface area contributed by atoms with Crippen molar-refractivity contribution in [1.82, 2.24) is 28.9 Å². The number of hydrogen-bond acceptors (Lipinski definition) is 6. The second kappa shape index (κ2) is 7.24. The van der Waals surface area contributed by atoms with Gasteiger partial charge in [-0.15, -0.1) is 0 Å². The number of imidazole rings is 1. The molecule has 0 radical (unpaired) electrons. The van der Waals surface area contributed by atoms with Crippen molar-refractivity contribution < 1.29 is 0 Å². The molecular formula is C25H15ClN8. The summed E-state index contributed by atoms with van der Waals surface area (Å²) in [5, 5.41) is 20.4. The molecule has 0 N–H and O–H groups in total. The molecule has 0 aliphatic heterocycles. The van der Waals surface area contributed by atoms with Gasteiger partial charge in [0.05, 0.1) is 22.1 Å². The molecule has 0 aliphatic rings. The van der Waals surface area contributed by atoms with Gasteiger partial charge in [-0.05, 0) is 30.3 Å². The fourth-order valence-corrected chi connectivity index (χ4v) is 4.55. The highest BCUT2D eigenvalue weighted by molar-refractivity contribution is 6.30. The molecule has 6 aromatic rings. The zero-order chi connectivity index (χ0) is 23.6. The van der Waals surface area contributed by atoms with Crippen molar-refractivity contribution >= 4 is 50.5 Å². The lowest BCUT2D eigenvalue weighted by Crippen LogP contribution is -2.06. The average Bonchev–Trinajstić information content (AvgIpc) is 3.37. The molecule has 0 aliphatic carbocycles. The molecule has 4 heterocycles. The van der Waals surface area contributed by atoms with Crippen LogP contribution < -0.4 is 0 Å². The molecule has 2 aromatic carbocycles. The zero-order valence-electron chi connectivity index (χ0n) is 18.2. The number of halogens is 1. The number of aromatic nitrogens is 6. The second-order valence-corrected chi connectivity index (χ2v) is 8.65. The molecule has 162 valence electrons. The van der Waals surface area contributed by atoms with E-state index >= 15 is 0 Å². The molecule has 34 heavy (non-hydrogen) atoms. The van der Waals surface area contributed by atoms with Crippen molar-refractivity contribution in [3.05, 3.63) is 70.8 Å². The van der Waals surface area contributed by atoms with Crippen molar-refractivity contribution in [2.75, 3.05) is 0 Å². The summed E-state index contributed by atoms with van der Waals surface area (Å²) in [7, 11) is 0. The highest BCUT2D eigenvalue weighted by atomic mass is 35.5. The molecule has 0 saturated heterocycles. The van der Waals surface area contributed by atoms with E-state index in [2.05, 4.69) is 23.8 Å². The van der Waals surface area contributed by atoms with E-state index < -0.39 is 0 Å². The maximum Gasteiger partial charge on any atom is 0.179 e. The summed E-state index contributed by atoms with van der Waals surface area (Å²) in [6.45, 7) is 4.15. The molecule has 4 aromatic heterocycles. The van der Waals surface area contributed by atoms with Crippen molar-refractivity contribution in [2.45, 2.75) is 19.8 Å². The van der Waals surface area contributed by atoms with Gasteiger partial charge in [0.15, 0.2) is 28.3 Å². The predicted octanol–water partition coefficient (Wildman–Crippen LogP) is 5.29. The third kappa shape index (κ3) is 2.70. The Hall–Kier alpha value is -4.53. The van der Waals surface area contributed by atoms with Crippen LogP contribution >= 0.6 is 11.6 Å². The molecule has 9 heteroatoms. The summed E-state index contributed by atoms with van der Waals surface area (Å²) in [5.41, 5.74) is 4.51. The Balaban J connectivity index is 1.94. The molecule has 0 bridgehead atoms. The van der Waals surface area contributed by atoms with Crippen LogP contribution in [0, 0.1) is 22.7 Å². The van der Waals surface area contributed by atoms with Crippen molar-refractivity contribution in [3.8, 4) is 17.8 Å². The largest absolute Gasteiger partial charge is 0.279 e. The number of para-hydroxylation sites is 2. The molecule has 6 rings (SSSR count). The van der Waals surface area contributed by atoms with Gasteiger partial charge in [-0.25, -0.2) is 19.9 Å². The molecule has 0 saturated carbocycles. The lowest BCUT2D eigenvalue weighted by Gasteiger charge is -2.12. The normalized spacial score (nSPS) is 11.6. The number of benzene rings is 2. The summed E-state index contributed by atoms with van der Waals surface area (Å²) in [6.07, 6.45) is 0. The Morgan fingerprint density at radius 3 is 2.35 bits per heavy atom. The summed E-state index contributed by atoms with van der Waals surface area (Å²) >= 11 is 6.32. The van der Waals surface area contributed by atoms with Gasteiger partial charge in [0.1, 0.15) is 23.5 Å². The first kappa shape index (κ1) is 20.1. The van der Waals surface area contributed by atoms with E-state index in [-0.39, 0.29) is 17.3 Å². The summed E-state index contributed by atoms with van der Waals surface area (Å²) in [6, 6.07) is 19.1. The number of nitriles is 2. The van der Waals surface area contributed by atoms with Gasteiger partial charge >= 0.3 is 0 Å². The molecule has 0 fully saturated rings. The molecule has 0 amide bonds. The quantitative estimate of drug-likeness (QED) is 0.346.